The second-order valence-electron chi connectivity index (χ2n) is 9.42. The maximum Gasteiger partial charge on any atom is 0.305 e. The van der Waals surface area contributed by atoms with Crippen LogP contribution < -0.4 is 16.0 Å². The topological polar surface area (TPSA) is 136 Å². The molecule has 2 amide bonds. The molecule has 3 aromatic carbocycles. The Hall–Kier alpha value is -5.12. The van der Waals surface area contributed by atoms with E-state index in [9.17, 15) is 19.5 Å². The first kappa shape index (κ1) is 24.2. The fourth-order valence-electron chi connectivity index (χ4n) is 5.07. The number of amides is 2. The summed E-state index contributed by atoms with van der Waals surface area (Å²) < 4.78 is 5.49. The molecule has 0 spiro atoms. The molecule has 1 atom stereocenters. The van der Waals surface area contributed by atoms with Crippen LogP contribution in [0.4, 0.5) is 11.4 Å². The molecule has 4 N–H and O–H groups in total. The summed E-state index contributed by atoms with van der Waals surface area (Å²) in [6.45, 7) is 1.74. The van der Waals surface area contributed by atoms with Gasteiger partial charge in [-0.1, -0.05) is 24.3 Å². The zero-order valence-corrected chi connectivity index (χ0v) is 20.8. The fraction of sp³-hybridized carbons (Fsp3) is 0.172. The van der Waals surface area contributed by atoms with E-state index in [-0.39, 0.29) is 24.8 Å². The number of hydrogen-bond acceptors (Lipinski definition) is 7. The molecule has 196 valence electrons. The monoisotopic (exact) mass is 523 g/mol. The lowest BCUT2D eigenvalue weighted by molar-refractivity contribution is -0.138. The predicted octanol–water partition coefficient (Wildman–Crippen LogP) is 4.23. The summed E-state index contributed by atoms with van der Waals surface area (Å²) in [5.74, 6) is -0.953. The molecule has 6 rings (SSSR count). The molecule has 1 aromatic heterocycles. The van der Waals surface area contributed by atoms with Crippen LogP contribution in [0.3, 0.4) is 0 Å². The predicted molar refractivity (Wildman–Crippen MR) is 146 cm³/mol. The second kappa shape index (κ2) is 9.97. The van der Waals surface area contributed by atoms with E-state index in [0.717, 1.165) is 23.2 Å². The first-order chi connectivity index (χ1) is 19.0. The summed E-state index contributed by atoms with van der Waals surface area (Å²) in [5.41, 5.74) is 4.19. The van der Waals surface area contributed by atoms with Gasteiger partial charge in [-0.15, -0.1) is 0 Å². The normalized spacial score (nSPS) is 15.0. The minimum atomic E-state index is -1.01. The number of anilines is 2. The van der Waals surface area contributed by atoms with Crippen molar-refractivity contribution in [3.8, 4) is 0 Å². The first-order valence-corrected chi connectivity index (χ1v) is 12.5. The molecule has 0 saturated carbocycles. The number of hydrogen-bond donors (Lipinski definition) is 4. The average molecular weight is 524 g/mol. The van der Waals surface area contributed by atoms with Gasteiger partial charge in [0.15, 0.2) is 5.96 Å². The van der Waals surface area contributed by atoms with E-state index >= 15 is 0 Å². The summed E-state index contributed by atoms with van der Waals surface area (Å²) in [7, 11) is 0. The van der Waals surface area contributed by atoms with Crippen LogP contribution in [0.15, 0.2) is 82.4 Å². The molecular weight excluding hydrogens is 498 g/mol. The minimum absolute atomic E-state index is 0.250. The maximum atomic E-state index is 13.6. The van der Waals surface area contributed by atoms with E-state index in [2.05, 4.69) is 20.9 Å². The Morgan fingerprint density at radius 1 is 1.08 bits per heavy atom. The van der Waals surface area contributed by atoms with E-state index in [4.69, 9.17) is 4.42 Å². The molecular formula is C29H25N5O5. The summed E-state index contributed by atoms with van der Waals surface area (Å²) in [4.78, 5) is 44.2. The van der Waals surface area contributed by atoms with Crippen molar-refractivity contribution in [2.24, 2.45) is 4.99 Å². The van der Waals surface area contributed by atoms with Crippen molar-refractivity contribution in [2.75, 3.05) is 23.7 Å². The molecule has 2 aliphatic heterocycles. The number of furan rings is 1. The number of rotatable bonds is 7. The van der Waals surface area contributed by atoms with Crippen LogP contribution in [0.2, 0.25) is 0 Å². The molecule has 1 unspecified atom stereocenters. The van der Waals surface area contributed by atoms with Gasteiger partial charge >= 0.3 is 5.97 Å². The zero-order chi connectivity index (χ0) is 26.9. The van der Waals surface area contributed by atoms with Gasteiger partial charge in [0.05, 0.1) is 25.3 Å². The van der Waals surface area contributed by atoms with Gasteiger partial charge in [0.1, 0.15) is 5.58 Å². The third-order valence-electron chi connectivity index (χ3n) is 6.89. The number of carbonyl (C=O) groups excluding carboxylic acids is 2. The van der Waals surface area contributed by atoms with Gasteiger partial charge < -0.3 is 30.4 Å². The number of nitrogens with zero attached hydrogens (tertiary/aromatic N) is 2. The van der Waals surface area contributed by atoms with Gasteiger partial charge in [-0.2, -0.15) is 0 Å². The number of carboxylic acids is 1. The van der Waals surface area contributed by atoms with E-state index in [0.29, 0.717) is 40.5 Å². The van der Waals surface area contributed by atoms with Crippen LogP contribution in [0, 0.1) is 0 Å². The largest absolute Gasteiger partial charge is 0.481 e. The Kier molecular flexibility index (Phi) is 6.20. The molecule has 0 radical (unpaired) electrons. The maximum absolute atomic E-state index is 13.6. The van der Waals surface area contributed by atoms with Crippen molar-refractivity contribution in [1.82, 2.24) is 10.2 Å². The number of aliphatic carboxylic acids is 1. The number of fused-ring (bicyclic) bond motifs is 2. The molecule has 2 aliphatic rings. The van der Waals surface area contributed by atoms with Gasteiger partial charge in [-0.3, -0.25) is 19.4 Å². The molecule has 0 saturated heterocycles. The molecule has 39 heavy (non-hydrogen) atoms. The molecule has 0 bridgehead atoms. The second-order valence-corrected chi connectivity index (χ2v) is 9.42. The van der Waals surface area contributed by atoms with E-state index in [1.807, 2.05) is 12.1 Å². The van der Waals surface area contributed by atoms with Gasteiger partial charge in [0, 0.05) is 41.0 Å². The summed E-state index contributed by atoms with van der Waals surface area (Å²) in [5, 5.41) is 19.6. The number of carboxylic acid groups (broad SMARTS) is 1. The Labute approximate surface area is 223 Å². The molecule has 0 fully saturated rings. The highest BCUT2D eigenvalue weighted by atomic mass is 16.4. The molecule has 0 aliphatic carbocycles. The summed E-state index contributed by atoms with van der Waals surface area (Å²) in [6, 6.07) is 18.8. The highest BCUT2D eigenvalue weighted by molar-refractivity contribution is 6.07. The molecule has 3 heterocycles. The third kappa shape index (κ3) is 4.79. The van der Waals surface area contributed by atoms with Crippen LogP contribution in [0.1, 0.15) is 44.3 Å². The van der Waals surface area contributed by atoms with Gasteiger partial charge in [-0.25, -0.2) is 0 Å². The Balaban J connectivity index is 1.22. The summed E-state index contributed by atoms with van der Waals surface area (Å²) in [6.07, 6.45) is 1.30. The Morgan fingerprint density at radius 2 is 1.95 bits per heavy atom. The zero-order valence-electron chi connectivity index (χ0n) is 20.8. The SMILES string of the molecule is O=C(O)CC(c1cccc2occc12)N1Cc2ccc(NC(=O)c3cccc(NC4=NCCN4)c3)cc2C1=O. The molecule has 10 nitrogen and oxygen atoms in total. The highest BCUT2D eigenvalue weighted by Gasteiger charge is 2.35. The van der Waals surface area contributed by atoms with Crippen molar-refractivity contribution in [1.29, 1.82) is 0 Å². The number of benzene rings is 3. The highest BCUT2D eigenvalue weighted by Crippen LogP contribution is 2.37. The van der Waals surface area contributed by atoms with Gasteiger partial charge in [-0.05, 0) is 53.6 Å². The first-order valence-electron chi connectivity index (χ1n) is 12.5. The number of nitrogens with one attached hydrogen (secondary N) is 3. The van der Waals surface area contributed by atoms with E-state index in [1.165, 1.54) is 0 Å². The van der Waals surface area contributed by atoms with Crippen molar-refractivity contribution in [3.05, 3.63) is 95.2 Å². The lowest BCUT2D eigenvalue weighted by Crippen LogP contribution is -2.31. The quantitative estimate of drug-likeness (QED) is 0.285. The van der Waals surface area contributed by atoms with E-state index < -0.39 is 12.0 Å². The van der Waals surface area contributed by atoms with Gasteiger partial charge in [0.2, 0.25) is 0 Å². The van der Waals surface area contributed by atoms with Crippen molar-refractivity contribution >= 4 is 46.1 Å². The van der Waals surface area contributed by atoms with Crippen LogP contribution in [-0.4, -0.2) is 46.8 Å². The lowest BCUT2D eigenvalue weighted by Gasteiger charge is -2.27. The summed E-state index contributed by atoms with van der Waals surface area (Å²) >= 11 is 0. The van der Waals surface area contributed by atoms with Crippen molar-refractivity contribution in [3.63, 3.8) is 0 Å². The average Bonchev–Trinajstić information content (AvgIpc) is 3.68. The fourth-order valence-corrected chi connectivity index (χ4v) is 5.07. The number of carbonyl (C=O) groups is 3. The van der Waals surface area contributed by atoms with Crippen LogP contribution in [0.25, 0.3) is 11.0 Å². The van der Waals surface area contributed by atoms with Crippen molar-refractivity contribution < 1.29 is 23.9 Å². The number of aliphatic imine (C=N–C) groups is 1. The van der Waals surface area contributed by atoms with Crippen LogP contribution in [-0.2, 0) is 11.3 Å². The van der Waals surface area contributed by atoms with Crippen LogP contribution in [0.5, 0.6) is 0 Å². The smallest absolute Gasteiger partial charge is 0.305 e. The van der Waals surface area contributed by atoms with E-state index in [1.54, 1.807) is 65.8 Å². The number of guanidine groups is 1. The Bertz CT molecular complexity index is 1640. The Morgan fingerprint density at radius 3 is 2.77 bits per heavy atom. The molecule has 10 heteroatoms. The minimum Gasteiger partial charge on any atom is -0.481 e. The van der Waals surface area contributed by atoms with Crippen LogP contribution >= 0.6 is 0 Å². The lowest BCUT2D eigenvalue weighted by atomic mass is 9.98. The standard InChI is InChI=1S/C29H25N5O5/c35-26(36)15-24(21-5-2-6-25-22(21)9-12-39-25)34-16-18-7-8-20(14-23(18)28(34)38)32-27(37)17-3-1-4-19(13-17)33-29-30-10-11-31-29/h1-9,12-14,24H,10-11,15-16H2,(H,32,37)(H,35,36)(H2,30,31,33). The van der Waals surface area contributed by atoms with Crippen molar-refractivity contribution in [2.45, 2.75) is 19.0 Å². The van der Waals surface area contributed by atoms with Gasteiger partial charge in [0.25, 0.3) is 11.8 Å². The third-order valence-corrected chi connectivity index (χ3v) is 6.89. The molecule has 4 aromatic rings.